The van der Waals surface area contributed by atoms with Crippen LogP contribution in [0.4, 0.5) is 5.69 Å². The zero-order chi connectivity index (χ0) is 20.3. The Morgan fingerprint density at radius 1 is 0.966 bits per heavy atom. The molecule has 2 N–H and O–H groups in total. The molecule has 2 aliphatic rings. The van der Waals surface area contributed by atoms with Crippen molar-refractivity contribution in [3.63, 3.8) is 0 Å². The van der Waals surface area contributed by atoms with E-state index in [1.165, 1.54) is 6.42 Å². The van der Waals surface area contributed by atoms with E-state index in [2.05, 4.69) is 26.6 Å². The Bertz CT molecular complexity index is 908. The van der Waals surface area contributed by atoms with E-state index in [4.69, 9.17) is 9.47 Å². The second-order valence-corrected chi connectivity index (χ2v) is 8.31. The molecule has 0 aromatic heterocycles. The van der Waals surface area contributed by atoms with Crippen molar-refractivity contribution in [2.24, 2.45) is 0 Å². The summed E-state index contributed by atoms with van der Waals surface area (Å²) in [7, 11) is 0. The molecule has 2 amide bonds. The van der Waals surface area contributed by atoms with Gasteiger partial charge in [-0.3, -0.25) is 9.59 Å². The highest BCUT2D eigenvalue weighted by molar-refractivity contribution is 9.10. The standard InChI is InChI=1S/C22H23BrN2O4/c23-16-6-4-15(5-7-16)21(27)24-13-10-20(26)25-17-8-9-18-19(14-17)29-22(28-18)11-2-1-3-12-22/h4-9,14H,1-3,10-13H2,(H,24,27)(H,25,26). The minimum Gasteiger partial charge on any atom is -0.448 e. The van der Waals surface area contributed by atoms with E-state index in [1.807, 2.05) is 12.1 Å². The van der Waals surface area contributed by atoms with Crippen molar-refractivity contribution in [3.05, 3.63) is 52.5 Å². The molecule has 1 heterocycles. The van der Waals surface area contributed by atoms with E-state index in [9.17, 15) is 9.59 Å². The SMILES string of the molecule is O=C(CCNC(=O)c1ccc(Br)cc1)Nc1ccc2c(c1)OC1(CCCCC1)O2. The molecule has 1 spiro atoms. The lowest BCUT2D eigenvalue weighted by molar-refractivity contribution is -0.116. The van der Waals surface area contributed by atoms with Crippen molar-refractivity contribution < 1.29 is 19.1 Å². The number of carbonyl (C=O) groups excluding carboxylic acids is 2. The molecule has 2 aromatic rings. The molecule has 0 saturated heterocycles. The Labute approximate surface area is 178 Å². The van der Waals surface area contributed by atoms with Gasteiger partial charge in [-0.2, -0.15) is 0 Å². The second kappa shape index (κ2) is 8.45. The van der Waals surface area contributed by atoms with Gasteiger partial charge in [0.15, 0.2) is 11.5 Å². The number of hydrogen-bond acceptors (Lipinski definition) is 4. The van der Waals surface area contributed by atoms with Crippen molar-refractivity contribution in [3.8, 4) is 11.5 Å². The minimum atomic E-state index is -0.527. The quantitative estimate of drug-likeness (QED) is 0.683. The second-order valence-electron chi connectivity index (χ2n) is 7.40. The third-order valence-corrected chi connectivity index (χ3v) is 5.71. The van der Waals surface area contributed by atoms with Gasteiger partial charge in [-0.05, 0) is 49.2 Å². The van der Waals surface area contributed by atoms with Gasteiger partial charge >= 0.3 is 0 Å². The van der Waals surface area contributed by atoms with Gasteiger partial charge in [-0.15, -0.1) is 0 Å². The molecule has 6 nitrogen and oxygen atoms in total. The molecule has 0 radical (unpaired) electrons. The van der Waals surface area contributed by atoms with Crippen LogP contribution in [0.2, 0.25) is 0 Å². The predicted molar refractivity (Wildman–Crippen MR) is 113 cm³/mol. The van der Waals surface area contributed by atoms with E-state index in [1.54, 1.807) is 30.3 Å². The summed E-state index contributed by atoms with van der Waals surface area (Å²) < 4.78 is 13.1. The smallest absolute Gasteiger partial charge is 0.251 e. The Kier molecular flexibility index (Phi) is 5.76. The Hall–Kier alpha value is -2.54. The first-order chi connectivity index (χ1) is 14.0. The maximum absolute atomic E-state index is 12.2. The van der Waals surface area contributed by atoms with E-state index in [0.717, 1.165) is 35.9 Å². The van der Waals surface area contributed by atoms with Gasteiger partial charge in [0, 0.05) is 47.6 Å². The minimum absolute atomic E-state index is 0.174. The number of rotatable bonds is 5. The average molecular weight is 459 g/mol. The van der Waals surface area contributed by atoms with Crippen molar-refractivity contribution in [2.45, 2.75) is 44.3 Å². The number of hydrogen-bond donors (Lipinski definition) is 2. The van der Waals surface area contributed by atoms with Crippen molar-refractivity contribution in [1.29, 1.82) is 0 Å². The summed E-state index contributed by atoms with van der Waals surface area (Å²) in [5.41, 5.74) is 1.21. The molecule has 1 saturated carbocycles. The highest BCUT2D eigenvalue weighted by Gasteiger charge is 2.42. The van der Waals surface area contributed by atoms with Crippen molar-refractivity contribution in [2.75, 3.05) is 11.9 Å². The summed E-state index contributed by atoms with van der Waals surface area (Å²) in [6, 6.07) is 12.5. The van der Waals surface area contributed by atoms with Crippen LogP contribution in [0.25, 0.3) is 0 Å². The first-order valence-corrected chi connectivity index (χ1v) is 10.7. The highest BCUT2D eigenvalue weighted by atomic mass is 79.9. The maximum atomic E-state index is 12.2. The molecule has 152 valence electrons. The van der Waals surface area contributed by atoms with Crippen LogP contribution >= 0.6 is 15.9 Å². The summed E-state index contributed by atoms with van der Waals surface area (Å²) >= 11 is 3.34. The lowest BCUT2D eigenvalue weighted by atomic mass is 9.94. The van der Waals surface area contributed by atoms with Gasteiger partial charge < -0.3 is 20.1 Å². The Balaban J connectivity index is 1.27. The first-order valence-electron chi connectivity index (χ1n) is 9.89. The van der Waals surface area contributed by atoms with Crippen LogP contribution in [0.15, 0.2) is 46.9 Å². The molecule has 1 fully saturated rings. The fourth-order valence-electron chi connectivity index (χ4n) is 3.68. The van der Waals surface area contributed by atoms with Crippen LogP contribution in [0.1, 0.15) is 48.9 Å². The van der Waals surface area contributed by atoms with Crippen LogP contribution < -0.4 is 20.1 Å². The van der Waals surface area contributed by atoms with E-state index >= 15 is 0 Å². The largest absolute Gasteiger partial charge is 0.448 e. The van der Waals surface area contributed by atoms with Gasteiger partial charge in [-0.25, -0.2) is 0 Å². The molecule has 0 atom stereocenters. The summed E-state index contributed by atoms with van der Waals surface area (Å²) in [6.45, 7) is 0.258. The van der Waals surface area contributed by atoms with Gasteiger partial charge in [0.05, 0.1) is 0 Å². The average Bonchev–Trinajstić information content (AvgIpc) is 3.05. The number of halogens is 1. The summed E-state index contributed by atoms with van der Waals surface area (Å²) in [4.78, 5) is 24.3. The number of ether oxygens (including phenoxy) is 2. The lowest BCUT2D eigenvalue weighted by Gasteiger charge is -2.31. The molecular formula is C22H23BrN2O4. The maximum Gasteiger partial charge on any atom is 0.251 e. The van der Waals surface area contributed by atoms with Gasteiger partial charge in [0.1, 0.15) is 0 Å². The zero-order valence-electron chi connectivity index (χ0n) is 16.0. The van der Waals surface area contributed by atoms with Gasteiger partial charge in [0.25, 0.3) is 11.7 Å². The number of amides is 2. The Morgan fingerprint density at radius 3 is 2.45 bits per heavy atom. The van der Waals surface area contributed by atoms with E-state index in [0.29, 0.717) is 17.0 Å². The third-order valence-electron chi connectivity index (χ3n) is 5.18. The Morgan fingerprint density at radius 2 is 1.69 bits per heavy atom. The summed E-state index contributed by atoms with van der Waals surface area (Å²) in [5.74, 6) is 0.499. The normalized spacial score (nSPS) is 16.4. The molecule has 1 aliphatic carbocycles. The lowest BCUT2D eigenvalue weighted by Crippen LogP contribution is -2.40. The van der Waals surface area contributed by atoms with Crippen LogP contribution in [0, 0.1) is 0 Å². The van der Waals surface area contributed by atoms with Crippen LogP contribution in [-0.2, 0) is 4.79 Å². The zero-order valence-corrected chi connectivity index (χ0v) is 17.6. The topological polar surface area (TPSA) is 76.7 Å². The van der Waals surface area contributed by atoms with Crippen LogP contribution in [0.3, 0.4) is 0 Å². The number of anilines is 1. The molecule has 0 unspecified atom stereocenters. The third kappa shape index (κ3) is 4.72. The van der Waals surface area contributed by atoms with Gasteiger partial charge in [-0.1, -0.05) is 22.4 Å². The molecule has 4 rings (SSSR count). The van der Waals surface area contributed by atoms with E-state index in [-0.39, 0.29) is 24.8 Å². The summed E-state index contributed by atoms with van der Waals surface area (Å²) in [6.07, 6.45) is 5.38. The number of benzene rings is 2. The number of fused-ring (bicyclic) bond motifs is 1. The molecule has 7 heteroatoms. The molecule has 1 aliphatic heterocycles. The fourth-order valence-corrected chi connectivity index (χ4v) is 3.95. The molecular weight excluding hydrogens is 436 g/mol. The predicted octanol–water partition coefficient (Wildman–Crippen LogP) is 4.64. The first kappa shape index (κ1) is 19.8. The van der Waals surface area contributed by atoms with Crippen LogP contribution in [-0.4, -0.2) is 24.1 Å². The van der Waals surface area contributed by atoms with E-state index < -0.39 is 5.79 Å². The molecule has 29 heavy (non-hydrogen) atoms. The monoisotopic (exact) mass is 458 g/mol. The number of nitrogens with one attached hydrogen (secondary N) is 2. The molecule has 2 aromatic carbocycles. The van der Waals surface area contributed by atoms with Crippen molar-refractivity contribution in [1.82, 2.24) is 5.32 Å². The number of carbonyl (C=O) groups is 2. The van der Waals surface area contributed by atoms with Crippen molar-refractivity contribution >= 4 is 33.4 Å². The summed E-state index contributed by atoms with van der Waals surface area (Å²) in [5, 5.41) is 5.61. The van der Waals surface area contributed by atoms with Crippen LogP contribution in [0.5, 0.6) is 11.5 Å². The molecule has 0 bridgehead atoms. The van der Waals surface area contributed by atoms with Gasteiger partial charge in [0.2, 0.25) is 5.91 Å². The fraction of sp³-hybridized carbons (Fsp3) is 0.364. The highest BCUT2D eigenvalue weighted by Crippen LogP contribution is 2.46.